The maximum absolute atomic E-state index is 13.1. The molecule has 2 aliphatic rings. The monoisotopic (exact) mass is 382 g/mol. The normalized spacial score (nSPS) is 24.0. The van der Waals surface area contributed by atoms with Gasteiger partial charge in [-0.25, -0.2) is 4.98 Å². The van der Waals surface area contributed by atoms with Crippen LogP contribution in [0.2, 0.25) is 0 Å². The van der Waals surface area contributed by atoms with Crippen molar-refractivity contribution in [2.24, 2.45) is 0 Å². The van der Waals surface area contributed by atoms with E-state index in [-0.39, 0.29) is 48.3 Å². The molecule has 1 saturated carbocycles. The minimum atomic E-state index is -4.59. The molecule has 3 heterocycles. The van der Waals surface area contributed by atoms with Gasteiger partial charge in [0.15, 0.2) is 5.69 Å². The van der Waals surface area contributed by atoms with Gasteiger partial charge in [-0.1, -0.05) is 0 Å². The number of nitrogens with one attached hydrogen (secondary N) is 1. The summed E-state index contributed by atoms with van der Waals surface area (Å²) in [6.07, 6.45) is -0.423. The van der Waals surface area contributed by atoms with Crippen LogP contribution < -0.4 is 5.32 Å². The Bertz CT molecular complexity index is 872. The van der Waals surface area contributed by atoms with Crippen molar-refractivity contribution in [2.75, 3.05) is 5.32 Å². The van der Waals surface area contributed by atoms with Crippen molar-refractivity contribution >= 4 is 23.4 Å². The summed E-state index contributed by atoms with van der Waals surface area (Å²) in [6.45, 7) is 0. The summed E-state index contributed by atoms with van der Waals surface area (Å²) in [5.41, 5.74) is -1.03. The van der Waals surface area contributed by atoms with Gasteiger partial charge in [-0.3, -0.25) is 14.5 Å². The number of aromatic nitrogens is 4. The highest BCUT2D eigenvalue weighted by molar-refractivity contribution is 6.02. The minimum Gasteiger partial charge on any atom is -0.367 e. The molecule has 8 nitrogen and oxygen atoms in total. The first kappa shape index (κ1) is 17.7. The number of fused-ring (bicyclic) bond motifs is 1. The van der Waals surface area contributed by atoms with E-state index >= 15 is 0 Å². The second-order valence-corrected chi connectivity index (χ2v) is 6.80. The first-order chi connectivity index (χ1) is 12.8. The van der Waals surface area contributed by atoms with Crippen LogP contribution in [-0.4, -0.2) is 48.4 Å². The predicted molar refractivity (Wildman–Crippen MR) is 86.5 cm³/mol. The van der Waals surface area contributed by atoms with Crippen molar-refractivity contribution in [2.45, 2.75) is 56.8 Å². The van der Waals surface area contributed by atoms with Gasteiger partial charge in [-0.2, -0.15) is 27.8 Å². The number of nitrogens with zero attached hydrogens (tertiary/aromatic N) is 5. The molecule has 144 valence electrons. The van der Waals surface area contributed by atoms with Gasteiger partial charge in [0.1, 0.15) is 12.1 Å². The van der Waals surface area contributed by atoms with Crippen molar-refractivity contribution in [3.63, 3.8) is 0 Å². The van der Waals surface area contributed by atoms with Gasteiger partial charge in [0.05, 0.1) is 0 Å². The number of rotatable bonds is 3. The van der Waals surface area contributed by atoms with Gasteiger partial charge in [0.25, 0.3) is 5.78 Å². The van der Waals surface area contributed by atoms with Gasteiger partial charge in [0.2, 0.25) is 11.8 Å². The molecule has 1 aliphatic heterocycles. The zero-order valence-electron chi connectivity index (χ0n) is 14.2. The number of amides is 2. The fourth-order valence-electron chi connectivity index (χ4n) is 3.75. The molecule has 1 aliphatic carbocycles. The highest BCUT2D eigenvalue weighted by atomic mass is 19.4. The number of anilines is 1. The minimum absolute atomic E-state index is 0.0926. The van der Waals surface area contributed by atoms with Crippen molar-refractivity contribution in [1.82, 2.24) is 24.5 Å². The molecule has 0 spiro atoms. The van der Waals surface area contributed by atoms with Gasteiger partial charge in [-0.05, 0) is 25.7 Å². The number of carbonyl (C=O) groups excluding carboxylic acids is 2. The predicted octanol–water partition coefficient (Wildman–Crippen LogP) is 2.02. The van der Waals surface area contributed by atoms with Crippen molar-refractivity contribution in [1.29, 1.82) is 0 Å². The Balaban J connectivity index is 1.48. The third-order valence-corrected chi connectivity index (χ3v) is 5.05. The Morgan fingerprint density at radius 2 is 1.74 bits per heavy atom. The van der Waals surface area contributed by atoms with E-state index < -0.39 is 11.9 Å². The molecule has 27 heavy (non-hydrogen) atoms. The molecule has 2 aromatic rings. The van der Waals surface area contributed by atoms with Gasteiger partial charge >= 0.3 is 6.18 Å². The van der Waals surface area contributed by atoms with Gasteiger partial charge in [0, 0.05) is 31.0 Å². The average Bonchev–Trinajstić information content (AvgIpc) is 3.22. The van der Waals surface area contributed by atoms with Crippen LogP contribution in [0.4, 0.5) is 19.0 Å². The Morgan fingerprint density at radius 1 is 1.07 bits per heavy atom. The highest BCUT2D eigenvalue weighted by Gasteiger charge is 2.37. The van der Waals surface area contributed by atoms with Gasteiger partial charge < -0.3 is 5.32 Å². The third kappa shape index (κ3) is 3.33. The van der Waals surface area contributed by atoms with E-state index in [4.69, 9.17) is 0 Å². The molecule has 1 N–H and O–H groups in total. The molecule has 0 bridgehead atoms. The molecule has 0 aromatic carbocycles. The number of carbonyl (C=O) groups is 2. The zero-order chi connectivity index (χ0) is 19.2. The molecule has 2 aromatic heterocycles. The fourth-order valence-corrected chi connectivity index (χ4v) is 3.75. The van der Waals surface area contributed by atoms with E-state index in [1.54, 1.807) is 0 Å². The Labute approximate surface area is 151 Å². The zero-order valence-corrected chi connectivity index (χ0v) is 14.2. The first-order valence-corrected chi connectivity index (χ1v) is 8.72. The van der Waals surface area contributed by atoms with E-state index in [1.165, 1.54) is 9.42 Å². The molecule has 0 unspecified atom stereocenters. The average molecular weight is 382 g/mol. The maximum atomic E-state index is 13.1. The molecule has 11 heteroatoms. The van der Waals surface area contributed by atoms with E-state index in [2.05, 4.69) is 20.4 Å². The highest BCUT2D eigenvalue weighted by Crippen LogP contribution is 2.32. The quantitative estimate of drug-likeness (QED) is 0.817. The van der Waals surface area contributed by atoms with Crippen LogP contribution in [-0.2, 0) is 15.8 Å². The standard InChI is InChI=1S/C16H17F3N6O2/c17-16(18,19)11-7-12(25-15(23-11)20-8-21-25)22-9-1-3-10(4-2-9)24-13(26)5-6-14(24)27/h7-10,22H,1-6H2. The summed E-state index contributed by atoms with van der Waals surface area (Å²) in [4.78, 5) is 32.3. The molecule has 1 saturated heterocycles. The smallest absolute Gasteiger partial charge is 0.367 e. The third-order valence-electron chi connectivity index (χ3n) is 5.05. The topological polar surface area (TPSA) is 92.5 Å². The molecular formula is C16H17F3N6O2. The number of imide groups is 1. The second kappa shape index (κ2) is 6.46. The van der Waals surface area contributed by atoms with Crippen LogP contribution in [0, 0.1) is 0 Å². The summed E-state index contributed by atoms with van der Waals surface area (Å²) >= 11 is 0. The van der Waals surface area contributed by atoms with E-state index in [9.17, 15) is 22.8 Å². The van der Waals surface area contributed by atoms with Crippen molar-refractivity contribution in [3.8, 4) is 0 Å². The lowest BCUT2D eigenvalue weighted by molar-refractivity contribution is -0.142. The number of likely N-dealkylation sites (tertiary alicyclic amines) is 1. The number of hydrogen-bond acceptors (Lipinski definition) is 6. The summed E-state index contributed by atoms with van der Waals surface area (Å²) in [5.74, 6) is -0.231. The van der Waals surface area contributed by atoms with E-state index in [0.29, 0.717) is 25.7 Å². The van der Waals surface area contributed by atoms with Crippen molar-refractivity contribution < 1.29 is 22.8 Å². The van der Waals surface area contributed by atoms with Crippen LogP contribution >= 0.6 is 0 Å². The summed E-state index contributed by atoms with van der Waals surface area (Å²) in [7, 11) is 0. The van der Waals surface area contributed by atoms with E-state index in [0.717, 1.165) is 12.4 Å². The lowest BCUT2D eigenvalue weighted by atomic mass is 9.90. The molecule has 2 amide bonds. The van der Waals surface area contributed by atoms with Crippen LogP contribution in [0.3, 0.4) is 0 Å². The van der Waals surface area contributed by atoms with Crippen LogP contribution in [0.1, 0.15) is 44.2 Å². The molecule has 4 rings (SSSR count). The molecular weight excluding hydrogens is 365 g/mol. The molecule has 0 atom stereocenters. The fraction of sp³-hybridized carbons (Fsp3) is 0.562. The molecule has 2 fully saturated rings. The Hall–Kier alpha value is -2.72. The van der Waals surface area contributed by atoms with Crippen LogP contribution in [0.25, 0.3) is 5.78 Å². The number of hydrogen-bond donors (Lipinski definition) is 1. The number of halogens is 3. The lowest BCUT2D eigenvalue weighted by Gasteiger charge is -2.34. The SMILES string of the molecule is O=C1CCC(=O)N1C1CCC(Nc2cc(C(F)(F)F)nc3ncnn23)CC1. The van der Waals surface area contributed by atoms with Crippen LogP contribution in [0.15, 0.2) is 12.4 Å². The largest absolute Gasteiger partial charge is 0.433 e. The number of alkyl halides is 3. The lowest BCUT2D eigenvalue weighted by Crippen LogP contribution is -2.43. The summed E-state index contributed by atoms with van der Waals surface area (Å²) in [6, 6.07) is 0.700. The van der Waals surface area contributed by atoms with E-state index in [1.807, 2.05) is 0 Å². The first-order valence-electron chi connectivity index (χ1n) is 8.72. The second-order valence-electron chi connectivity index (χ2n) is 6.80. The van der Waals surface area contributed by atoms with Crippen LogP contribution in [0.5, 0.6) is 0 Å². The maximum Gasteiger partial charge on any atom is 0.433 e. The van der Waals surface area contributed by atoms with Crippen molar-refractivity contribution in [3.05, 3.63) is 18.1 Å². The summed E-state index contributed by atoms with van der Waals surface area (Å²) in [5, 5.41) is 7.01. The van der Waals surface area contributed by atoms with Gasteiger partial charge in [-0.15, -0.1) is 0 Å². The Morgan fingerprint density at radius 3 is 2.37 bits per heavy atom. The molecule has 0 radical (unpaired) electrons. The summed E-state index contributed by atoms with van der Waals surface area (Å²) < 4.78 is 40.4. The Kier molecular flexibility index (Phi) is 4.23.